The molecule has 0 aromatic rings. The summed E-state index contributed by atoms with van der Waals surface area (Å²) in [5, 5.41) is 3.82. The van der Waals surface area contributed by atoms with Crippen LogP contribution in [-0.2, 0) is 4.74 Å². The molecule has 3 aliphatic rings. The summed E-state index contributed by atoms with van der Waals surface area (Å²) in [5.74, 6) is 1.81. The Hall–Kier alpha value is -0.120. The van der Waals surface area contributed by atoms with Crippen molar-refractivity contribution in [2.75, 3.05) is 26.2 Å². The SMILES string of the molecule is CC(C)C1CCCC(NCC2CN3CCCC3CO2)CC1. The molecule has 0 aromatic carbocycles. The maximum Gasteiger partial charge on any atom is 0.0827 e. The fourth-order valence-corrected chi connectivity index (χ4v) is 4.51. The number of hydrogen-bond donors (Lipinski definition) is 1. The Morgan fingerprint density at radius 3 is 2.86 bits per heavy atom. The summed E-state index contributed by atoms with van der Waals surface area (Å²) in [6, 6.07) is 1.46. The molecular weight excluding hydrogens is 260 g/mol. The number of hydrogen-bond acceptors (Lipinski definition) is 3. The lowest BCUT2D eigenvalue weighted by Gasteiger charge is -2.36. The van der Waals surface area contributed by atoms with Gasteiger partial charge in [0.25, 0.3) is 0 Å². The molecule has 122 valence electrons. The van der Waals surface area contributed by atoms with Crippen LogP contribution in [0, 0.1) is 11.8 Å². The van der Waals surface area contributed by atoms with Crippen LogP contribution >= 0.6 is 0 Å². The van der Waals surface area contributed by atoms with Crippen LogP contribution < -0.4 is 5.32 Å². The molecule has 1 saturated carbocycles. The standard InChI is InChI=1S/C18H34N2O/c1-14(2)15-5-3-6-16(9-8-15)19-11-18-12-20-10-4-7-17(20)13-21-18/h14-19H,3-13H2,1-2H3. The van der Waals surface area contributed by atoms with E-state index in [1.165, 1.54) is 51.5 Å². The number of ether oxygens (including phenoxy) is 1. The largest absolute Gasteiger partial charge is 0.374 e. The summed E-state index contributed by atoms with van der Waals surface area (Å²) in [5.41, 5.74) is 0. The molecule has 0 aromatic heterocycles. The second kappa shape index (κ2) is 7.43. The number of nitrogens with one attached hydrogen (secondary N) is 1. The van der Waals surface area contributed by atoms with Gasteiger partial charge in [0.1, 0.15) is 0 Å². The highest BCUT2D eigenvalue weighted by atomic mass is 16.5. The van der Waals surface area contributed by atoms with E-state index in [4.69, 9.17) is 4.74 Å². The Labute approximate surface area is 130 Å². The average molecular weight is 294 g/mol. The number of fused-ring (bicyclic) bond motifs is 1. The molecule has 4 unspecified atom stereocenters. The van der Waals surface area contributed by atoms with Crippen molar-refractivity contribution in [2.45, 2.75) is 77.0 Å². The topological polar surface area (TPSA) is 24.5 Å². The van der Waals surface area contributed by atoms with Crippen LogP contribution in [0.15, 0.2) is 0 Å². The Kier molecular flexibility index (Phi) is 5.58. The van der Waals surface area contributed by atoms with E-state index in [0.29, 0.717) is 6.10 Å². The van der Waals surface area contributed by atoms with E-state index in [1.54, 1.807) is 0 Å². The maximum absolute atomic E-state index is 6.07. The smallest absolute Gasteiger partial charge is 0.0827 e. The Morgan fingerprint density at radius 2 is 2.00 bits per heavy atom. The average Bonchev–Trinajstić information content (AvgIpc) is 2.80. The lowest BCUT2D eigenvalue weighted by atomic mass is 9.89. The zero-order chi connectivity index (χ0) is 14.7. The minimum absolute atomic E-state index is 0.420. The van der Waals surface area contributed by atoms with Crippen LogP contribution in [0.4, 0.5) is 0 Å². The Bertz CT molecular complexity index is 320. The normalized spacial score (nSPS) is 38.4. The van der Waals surface area contributed by atoms with Gasteiger partial charge in [-0.15, -0.1) is 0 Å². The van der Waals surface area contributed by atoms with Crippen LogP contribution in [-0.4, -0.2) is 49.3 Å². The van der Waals surface area contributed by atoms with Crippen molar-refractivity contribution < 1.29 is 4.74 Å². The first-order chi connectivity index (χ1) is 10.2. The number of nitrogens with zero attached hydrogens (tertiary/aromatic N) is 1. The van der Waals surface area contributed by atoms with Crippen molar-refractivity contribution in [3.05, 3.63) is 0 Å². The van der Waals surface area contributed by atoms with Gasteiger partial charge in [-0.2, -0.15) is 0 Å². The molecule has 3 heteroatoms. The molecule has 0 amide bonds. The molecule has 2 aliphatic heterocycles. The molecule has 1 aliphatic carbocycles. The molecule has 2 heterocycles. The third-order valence-electron chi connectivity index (χ3n) is 6.05. The van der Waals surface area contributed by atoms with E-state index in [9.17, 15) is 0 Å². The zero-order valence-corrected chi connectivity index (χ0v) is 14.0. The third kappa shape index (κ3) is 4.20. The van der Waals surface area contributed by atoms with Crippen LogP contribution in [0.1, 0.15) is 58.8 Å². The first-order valence-corrected chi connectivity index (χ1v) is 9.31. The van der Waals surface area contributed by atoms with E-state index in [2.05, 4.69) is 24.1 Å². The molecule has 0 radical (unpaired) electrons. The molecule has 2 saturated heterocycles. The Balaban J connectivity index is 1.39. The van der Waals surface area contributed by atoms with Crippen LogP contribution in [0.25, 0.3) is 0 Å². The third-order valence-corrected chi connectivity index (χ3v) is 6.05. The van der Waals surface area contributed by atoms with Crippen molar-refractivity contribution in [3.8, 4) is 0 Å². The first-order valence-electron chi connectivity index (χ1n) is 9.31. The number of morpholine rings is 1. The van der Waals surface area contributed by atoms with E-state index < -0.39 is 0 Å². The van der Waals surface area contributed by atoms with Crippen LogP contribution in [0.5, 0.6) is 0 Å². The first kappa shape index (κ1) is 15.8. The fourth-order valence-electron chi connectivity index (χ4n) is 4.51. The molecule has 1 N–H and O–H groups in total. The fraction of sp³-hybridized carbons (Fsp3) is 1.00. The molecule has 3 fully saturated rings. The van der Waals surface area contributed by atoms with Crippen LogP contribution in [0.3, 0.4) is 0 Å². The van der Waals surface area contributed by atoms with Crippen molar-refractivity contribution >= 4 is 0 Å². The molecular formula is C18H34N2O. The number of rotatable bonds is 4. The summed E-state index contributed by atoms with van der Waals surface area (Å²) < 4.78 is 6.07. The van der Waals surface area contributed by atoms with Gasteiger partial charge in [0.05, 0.1) is 12.7 Å². The monoisotopic (exact) mass is 294 g/mol. The van der Waals surface area contributed by atoms with E-state index in [0.717, 1.165) is 43.6 Å². The maximum atomic E-state index is 6.07. The summed E-state index contributed by atoms with van der Waals surface area (Å²) >= 11 is 0. The van der Waals surface area contributed by atoms with Gasteiger partial charge in [-0.05, 0) is 50.5 Å². The second-order valence-corrected chi connectivity index (χ2v) is 7.86. The van der Waals surface area contributed by atoms with Gasteiger partial charge < -0.3 is 10.1 Å². The molecule has 3 nitrogen and oxygen atoms in total. The van der Waals surface area contributed by atoms with E-state index >= 15 is 0 Å². The summed E-state index contributed by atoms with van der Waals surface area (Å²) in [7, 11) is 0. The van der Waals surface area contributed by atoms with Crippen molar-refractivity contribution in [1.82, 2.24) is 10.2 Å². The zero-order valence-electron chi connectivity index (χ0n) is 14.0. The summed E-state index contributed by atoms with van der Waals surface area (Å²) in [4.78, 5) is 2.65. The van der Waals surface area contributed by atoms with Crippen molar-refractivity contribution in [2.24, 2.45) is 11.8 Å². The van der Waals surface area contributed by atoms with E-state index in [-0.39, 0.29) is 0 Å². The second-order valence-electron chi connectivity index (χ2n) is 7.86. The predicted molar refractivity (Wildman–Crippen MR) is 87.5 cm³/mol. The molecule has 4 atom stereocenters. The van der Waals surface area contributed by atoms with Crippen molar-refractivity contribution in [3.63, 3.8) is 0 Å². The lowest BCUT2D eigenvalue weighted by Crippen LogP contribution is -2.50. The molecule has 3 rings (SSSR count). The van der Waals surface area contributed by atoms with Gasteiger partial charge in [0.15, 0.2) is 0 Å². The van der Waals surface area contributed by atoms with Gasteiger partial charge in [-0.25, -0.2) is 0 Å². The van der Waals surface area contributed by atoms with E-state index in [1.807, 2.05) is 0 Å². The van der Waals surface area contributed by atoms with Crippen LogP contribution in [0.2, 0.25) is 0 Å². The quantitative estimate of drug-likeness (QED) is 0.807. The van der Waals surface area contributed by atoms with Gasteiger partial charge in [-0.3, -0.25) is 4.90 Å². The highest BCUT2D eigenvalue weighted by Crippen LogP contribution is 2.29. The lowest BCUT2D eigenvalue weighted by molar-refractivity contribution is -0.0480. The summed E-state index contributed by atoms with van der Waals surface area (Å²) in [6.07, 6.45) is 10.1. The highest BCUT2D eigenvalue weighted by molar-refractivity contribution is 4.86. The molecule has 0 spiro atoms. The van der Waals surface area contributed by atoms with Gasteiger partial charge in [0, 0.05) is 25.2 Å². The molecule has 0 bridgehead atoms. The predicted octanol–water partition coefficient (Wildman–Crippen LogP) is 3.04. The minimum atomic E-state index is 0.420. The Morgan fingerprint density at radius 1 is 1.10 bits per heavy atom. The van der Waals surface area contributed by atoms with Gasteiger partial charge in [-0.1, -0.05) is 26.7 Å². The van der Waals surface area contributed by atoms with Crippen molar-refractivity contribution in [1.29, 1.82) is 0 Å². The van der Waals surface area contributed by atoms with Gasteiger partial charge >= 0.3 is 0 Å². The van der Waals surface area contributed by atoms with Gasteiger partial charge in [0.2, 0.25) is 0 Å². The summed E-state index contributed by atoms with van der Waals surface area (Å²) in [6.45, 7) is 9.25. The minimum Gasteiger partial charge on any atom is -0.374 e. The highest BCUT2D eigenvalue weighted by Gasteiger charge is 2.32. The molecule has 21 heavy (non-hydrogen) atoms.